The van der Waals surface area contributed by atoms with Gasteiger partial charge in [0.15, 0.2) is 17.5 Å². The smallest absolute Gasteiger partial charge is 0.308 e. The zero-order valence-electron chi connectivity index (χ0n) is 35.5. The Morgan fingerprint density at radius 2 is 0.597 bits per heavy atom. The van der Waals surface area contributed by atoms with Gasteiger partial charge in [0.2, 0.25) is 0 Å². The summed E-state index contributed by atoms with van der Waals surface area (Å²) in [4.78, 5) is 14.9. The van der Waals surface area contributed by atoms with Gasteiger partial charge in [0.05, 0.1) is 38.7 Å². The summed E-state index contributed by atoms with van der Waals surface area (Å²) in [6.07, 6.45) is -4.48. The molecule has 0 aliphatic rings. The molecule has 0 saturated carbocycles. The average Bonchev–Trinajstić information content (AvgIpc) is 4.03. The standard InChI is InChI=1S/C58H35F3N6/c59-58(60,61)39-30-34-42(35-31-39)67-48-27-15-12-24-45(48)50-52-49(43-22-10-13-25-46(43)65(52)40-20-8-3-9-21-40)53-51(54(50)67)44-23-11-14-26-47(44)66(53)41-32-28-38(29-33-41)57-63-55(36-16-4-1-5-17-36)62-56(64-57)37-18-6-2-7-19-37/h1-35H. The van der Waals surface area contributed by atoms with E-state index in [1.165, 1.54) is 12.1 Å². The molecule has 0 bridgehead atoms. The predicted molar refractivity (Wildman–Crippen MR) is 264 cm³/mol. The Bertz CT molecular complexity index is 3980. The predicted octanol–water partition coefficient (Wildman–Crippen LogP) is 15.2. The minimum atomic E-state index is -4.48. The fraction of sp³-hybridized carbons (Fsp3) is 0.0172. The van der Waals surface area contributed by atoms with Gasteiger partial charge in [-0.15, -0.1) is 0 Å². The highest BCUT2D eigenvalue weighted by molar-refractivity contribution is 6.40. The zero-order chi connectivity index (χ0) is 44.8. The van der Waals surface area contributed by atoms with Gasteiger partial charge in [-0.25, -0.2) is 15.0 Å². The number of hydrogen-bond donors (Lipinski definition) is 0. The molecule has 0 unspecified atom stereocenters. The summed E-state index contributed by atoms with van der Waals surface area (Å²) in [5.74, 6) is 1.72. The highest BCUT2D eigenvalue weighted by Crippen LogP contribution is 2.50. The number of hydrogen-bond acceptors (Lipinski definition) is 3. The summed E-state index contributed by atoms with van der Waals surface area (Å²) >= 11 is 0. The molecule has 4 aromatic heterocycles. The molecule has 0 atom stereocenters. The lowest BCUT2D eigenvalue weighted by molar-refractivity contribution is -0.137. The molecule has 0 amide bonds. The summed E-state index contributed by atoms with van der Waals surface area (Å²) < 4.78 is 49.0. The van der Waals surface area contributed by atoms with Gasteiger partial charge >= 0.3 is 6.18 Å². The molecule has 0 aliphatic heterocycles. The molecule has 0 saturated heterocycles. The maximum Gasteiger partial charge on any atom is 0.416 e. The number of benzene rings is 9. The van der Waals surface area contributed by atoms with Gasteiger partial charge in [-0.05, 0) is 78.9 Å². The number of alkyl halides is 3. The molecular formula is C58H35F3N6. The van der Waals surface area contributed by atoms with Crippen molar-refractivity contribution in [3.05, 3.63) is 218 Å². The second-order valence-electron chi connectivity index (χ2n) is 16.7. The van der Waals surface area contributed by atoms with Gasteiger partial charge in [-0.3, -0.25) is 0 Å². The van der Waals surface area contributed by atoms with Gasteiger partial charge < -0.3 is 13.7 Å². The third-order valence-corrected chi connectivity index (χ3v) is 12.9. The Hall–Kier alpha value is -8.82. The maximum absolute atomic E-state index is 14.1. The summed E-state index contributed by atoms with van der Waals surface area (Å²) in [6, 6.07) is 69.3. The fourth-order valence-corrected chi connectivity index (χ4v) is 10.0. The van der Waals surface area contributed by atoms with Crippen molar-refractivity contribution in [1.82, 2.24) is 28.7 Å². The highest BCUT2D eigenvalue weighted by atomic mass is 19.4. The lowest BCUT2D eigenvalue weighted by Gasteiger charge is -2.14. The Morgan fingerprint density at radius 3 is 0.970 bits per heavy atom. The summed E-state index contributed by atoms with van der Waals surface area (Å²) in [5, 5.41) is 6.15. The Morgan fingerprint density at radius 1 is 0.299 bits per heavy atom. The number of rotatable bonds is 6. The van der Waals surface area contributed by atoms with Gasteiger partial charge in [-0.2, -0.15) is 13.2 Å². The van der Waals surface area contributed by atoms with E-state index in [1.54, 1.807) is 12.1 Å². The number of aromatic nitrogens is 6. The fourth-order valence-electron chi connectivity index (χ4n) is 10.0. The van der Waals surface area contributed by atoms with Crippen LogP contribution in [0.4, 0.5) is 13.2 Å². The van der Waals surface area contributed by atoms with E-state index >= 15 is 0 Å². The molecule has 67 heavy (non-hydrogen) atoms. The molecule has 9 aromatic carbocycles. The third-order valence-electron chi connectivity index (χ3n) is 12.9. The first kappa shape index (κ1) is 38.6. The molecule has 0 aliphatic carbocycles. The van der Waals surface area contributed by atoms with Crippen LogP contribution >= 0.6 is 0 Å². The maximum atomic E-state index is 14.1. The van der Waals surface area contributed by atoms with E-state index in [9.17, 15) is 13.2 Å². The van der Waals surface area contributed by atoms with Crippen molar-refractivity contribution in [2.75, 3.05) is 0 Å². The minimum Gasteiger partial charge on any atom is -0.308 e. The van der Waals surface area contributed by atoms with E-state index in [4.69, 9.17) is 15.0 Å². The zero-order valence-corrected chi connectivity index (χ0v) is 35.5. The normalized spacial score (nSPS) is 12.1. The van der Waals surface area contributed by atoms with Crippen LogP contribution < -0.4 is 0 Å². The second-order valence-corrected chi connectivity index (χ2v) is 16.7. The number of nitrogens with zero attached hydrogens (tertiary/aromatic N) is 6. The Kier molecular flexibility index (Phi) is 8.57. The van der Waals surface area contributed by atoms with Gasteiger partial charge in [0.1, 0.15) is 0 Å². The van der Waals surface area contributed by atoms with Crippen molar-refractivity contribution < 1.29 is 13.2 Å². The van der Waals surface area contributed by atoms with E-state index in [-0.39, 0.29) is 0 Å². The summed E-state index contributed by atoms with van der Waals surface area (Å²) in [7, 11) is 0. The summed E-state index contributed by atoms with van der Waals surface area (Å²) in [5.41, 5.74) is 10.3. The molecule has 13 rings (SSSR count). The van der Waals surface area contributed by atoms with E-state index in [0.717, 1.165) is 93.5 Å². The van der Waals surface area contributed by atoms with Crippen LogP contribution in [0.5, 0.6) is 0 Å². The number of para-hydroxylation sites is 4. The van der Waals surface area contributed by atoms with Crippen LogP contribution in [0.15, 0.2) is 212 Å². The monoisotopic (exact) mass is 872 g/mol. The van der Waals surface area contributed by atoms with Gasteiger partial charge in [0.25, 0.3) is 0 Å². The molecule has 13 aromatic rings. The average molecular weight is 873 g/mol. The van der Waals surface area contributed by atoms with E-state index in [0.29, 0.717) is 23.2 Å². The van der Waals surface area contributed by atoms with E-state index < -0.39 is 11.7 Å². The first-order valence-corrected chi connectivity index (χ1v) is 22.0. The molecule has 318 valence electrons. The van der Waals surface area contributed by atoms with Crippen molar-refractivity contribution in [2.45, 2.75) is 6.18 Å². The molecule has 0 fully saturated rings. The van der Waals surface area contributed by atoms with Crippen LogP contribution in [-0.4, -0.2) is 28.7 Å². The van der Waals surface area contributed by atoms with Crippen LogP contribution in [0.3, 0.4) is 0 Å². The van der Waals surface area contributed by atoms with E-state index in [1.807, 2.05) is 91.0 Å². The van der Waals surface area contributed by atoms with Crippen molar-refractivity contribution in [2.24, 2.45) is 0 Å². The molecule has 9 heteroatoms. The lowest BCUT2D eigenvalue weighted by Crippen LogP contribution is -2.05. The van der Waals surface area contributed by atoms with Crippen LogP contribution in [0.25, 0.3) is 117 Å². The Balaban J connectivity index is 1.15. The molecule has 0 radical (unpaired) electrons. The quantitative estimate of drug-likeness (QED) is 0.167. The highest BCUT2D eigenvalue weighted by Gasteiger charge is 2.32. The molecule has 0 spiro atoms. The number of fused-ring (bicyclic) bond motifs is 12. The molecule has 4 heterocycles. The molecule has 6 nitrogen and oxygen atoms in total. The van der Waals surface area contributed by atoms with Crippen LogP contribution in [-0.2, 0) is 6.18 Å². The largest absolute Gasteiger partial charge is 0.416 e. The Labute approximate surface area is 381 Å². The van der Waals surface area contributed by atoms with Gasteiger partial charge in [-0.1, -0.05) is 133 Å². The number of halogens is 3. The lowest BCUT2D eigenvalue weighted by atomic mass is 10.0. The SMILES string of the molecule is FC(F)(F)c1ccc(-n2c3ccccc3c3c4c(c5ccccc5n4-c4ccccc4)c4c(c5ccccc5n4-c4ccc(-c5nc(-c6ccccc6)nc(-c6ccccc6)n5)cc4)c32)cc1. The second kappa shape index (κ2) is 14.9. The van der Waals surface area contributed by atoms with Crippen molar-refractivity contribution in [3.63, 3.8) is 0 Å². The van der Waals surface area contributed by atoms with E-state index in [2.05, 4.69) is 111 Å². The first-order chi connectivity index (χ1) is 32.9. The molecular weight excluding hydrogens is 838 g/mol. The van der Waals surface area contributed by atoms with Crippen LogP contribution in [0.2, 0.25) is 0 Å². The summed E-state index contributed by atoms with van der Waals surface area (Å²) in [6.45, 7) is 0. The third kappa shape index (κ3) is 6.01. The molecule has 0 N–H and O–H groups in total. The van der Waals surface area contributed by atoms with Crippen LogP contribution in [0.1, 0.15) is 5.56 Å². The van der Waals surface area contributed by atoms with Crippen molar-refractivity contribution in [3.8, 4) is 51.2 Å². The van der Waals surface area contributed by atoms with Gasteiger partial charge in [0, 0.05) is 66.1 Å². The van der Waals surface area contributed by atoms with Crippen LogP contribution in [0, 0.1) is 0 Å². The van der Waals surface area contributed by atoms with Crippen molar-refractivity contribution in [1.29, 1.82) is 0 Å². The van der Waals surface area contributed by atoms with Crippen molar-refractivity contribution >= 4 is 65.4 Å². The first-order valence-electron chi connectivity index (χ1n) is 22.0. The topological polar surface area (TPSA) is 53.5 Å². The minimum absolute atomic E-state index is 0.553.